The van der Waals surface area contributed by atoms with E-state index in [2.05, 4.69) is 20.9 Å². The first-order chi connectivity index (χ1) is 11.2. The number of benzene rings is 2. The Morgan fingerprint density at radius 3 is 2.70 bits per heavy atom. The zero-order valence-corrected chi connectivity index (χ0v) is 14.0. The standard InChI is InChI=1S/C18H13BrN2O2/c1-23-12-7-5-11(6-8-12)10-21-17-16-13(15(19)9-20-17)3-2-4-14(16)18(21)22/h2-9H,10H2,1H3. The monoisotopic (exact) mass is 368 g/mol. The molecule has 1 aromatic heterocycles. The number of rotatable bonds is 3. The molecule has 4 rings (SSSR count). The molecule has 0 fully saturated rings. The first-order valence-corrected chi connectivity index (χ1v) is 8.00. The van der Waals surface area contributed by atoms with E-state index in [1.54, 1.807) is 18.2 Å². The number of ether oxygens (including phenoxy) is 1. The number of pyridine rings is 1. The van der Waals surface area contributed by atoms with Gasteiger partial charge in [-0.15, -0.1) is 0 Å². The second kappa shape index (κ2) is 5.35. The van der Waals surface area contributed by atoms with Crippen molar-refractivity contribution in [3.8, 4) is 5.75 Å². The molecule has 0 bridgehead atoms. The summed E-state index contributed by atoms with van der Waals surface area (Å²) in [5.41, 5.74) is 1.74. The molecule has 2 heterocycles. The van der Waals surface area contributed by atoms with Crippen molar-refractivity contribution in [1.29, 1.82) is 0 Å². The number of hydrogen-bond donors (Lipinski definition) is 0. The van der Waals surface area contributed by atoms with Crippen molar-refractivity contribution in [2.45, 2.75) is 6.54 Å². The van der Waals surface area contributed by atoms with E-state index in [-0.39, 0.29) is 5.91 Å². The summed E-state index contributed by atoms with van der Waals surface area (Å²) >= 11 is 3.51. The average molecular weight is 369 g/mol. The van der Waals surface area contributed by atoms with E-state index in [1.807, 2.05) is 42.5 Å². The largest absolute Gasteiger partial charge is 0.497 e. The highest BCUT2D eigenvalue weighted by atomic mass is 79.9. The maximum Gasteiger partial charge on any atom is 0.260 e. The number of aromatic nitrogens is 1. The lowest BCUT2D eigenvalue weighted by Crippen LogP contribution is -2.26. The van der Waals surface area contributed by atoms with Crippen molar-refractivity contribution >= 4 is 38.4 Å². The van der Waals surface area contributed by atoms with E-state index in [9.17, 15) is 4.79 Å². The van der Waals surface area contributed by atoms with Gasteiger partial charge >= 0.3 is 0 Å². The van der Waals surface area contributed by atoms with Crippen LogP contribution in [0, 0.1) is 0 Å². The minimum absolute atomic E-state index is 0.00739. The van der Waals surface area contributed by atoms with Crippen LogP contribution in [-0.4, -0.2) is 18.0 Å². The fourth-order valence-electron chi connectivity index (χ4n) is 2.93. The van der Waals surface area contributed by atoms with Crippen LogP contribution < -0.4 is 9.64 Å². The minimum atomic E-state index is -0.00739. The number of halogens is 1. The van der Waals surface area contributed by atoms with Gasteiger partial charge in [0.15, 0.2) is 0 Å². The number of carbonyl (C=O) groups is 1. The van der Waals surface area contributed by atoms with Gasteiger partial charge in [0.05, 0.1) is 19.2 Å². The fourth-order valence-corrected chi connectivity index (χ4v) is 3.36. The summed E-state index contributed by atoms with van der Waals surface area (Å²) in [5.74, 6) is 1.51. The number of amides is 1. The van der Waals surface area contributed by atoms with Crippen LogP contribution in [-0.2, 0) is 6.54 Å². The number of anilines is 1. The normalized spacial score (nSPS) is 13.0. The molecule has 0 saturated carbocycles. The summed E-state index contributed by atoms with van der Waals surface area (Å²) in [6.45, 7) is 0.487. The topological polar surface area (TPSA) is 42.4 Å². The van der Waals surface area contributed by atoms with Gasteiger partial charge in [0.1, 0.15) is 11.6 Å². The van der Waals surface area contributed by atoms with E-state index in [0.29, 0.717) is 12.1 Å². The van der Waals surface area contributed by atoms with Gasteiger partial charge in [-0.05, 0) is 39.7 Å². The first kappa shape index (κ1) is 14.2. The minimum Gasteiger partial charge on any atom is -0.497 e. The second-order valence-corrected chi connectivity index (χ2v) is 6.25. The Hall–Kier alpha value is -2.40. The van der Waals surface area contributed by atoms with Crippen molar-refractivity contribution in [3.05, 3.63) is 64.3 Å². The molecule has 1 aliphatic rings. The van der Waals surface area contributed by atoms with Crippen LogP contribution in [0.2, 0.25) is 0 Å². The van der Waals surface area contributed by atoms with Crippen LogP contribution in [0.15, 0.2) is 53.1 Å². The molecule has 0 N–H and O–H groups in total. The predicted molar refractivity (Wildman–Crippen MR) is 93.0 cm³/mol. The van der Waals surface area contributed by atoms with Gasteiger partial charge in [-0.25, -0.2) is 4.98 Å². The van der Waals surface area contributed by atoms with Gasteiger partial charge in [0.25, 0.3) is 5.91 Å². The molecule has 114 valence electrons. The molecule has 0 atom stereocenters. The smallest absolute Gasteiger partial charge is 0.260 e. The van der Waals surface area contributed by atoms with Gasteiger partial charge in [-0.2, -0.15) is 0 Å². The summed E-state index contributed by atoms with van der Waals surface area (Å²) in [4.78, 5) is 19.0. The summed E-state index contributed by atoms with van der Waals surface area (Å²) in [7, 11) is 1.64. The third-order valence-corrected chi connectivity index (χ3v) is 4.71. The average Bonchev–Trinajstić information content (AvgIpc) is 2.86. The van der Waals surface area contributed by atoms with Gasteiger partial charge in [0, 0.05) is 21.4 Å². The van der Waals surface area contributed by atoms with Crippen molar-refractivity contribution in [2.75, 3.05) is 12.0 Å². The lowest BCUT2D eigenvalue weighted by molar-refractivity contribution is 0.0991. The Morgan fingerprint density at radius 2 is 1.96 bits per heavy atom. The van der Waals surface area contributed by atoms with E-state index < -0.39 is 0 Å². The lowest BCUT2D eigenvalue weighted by atomic mass is 10.1. The molecule has 0 spiro atoms. The highest BCUT2D eigenvalue weighted by Crippen LogP contribution is 2.39. The van der Waals surface area contributed by atoms with Crippen LogP contribution in [0.1, 0.15) is 15.9 Å². The Kier molecular flexibility index (Phi) is 3.31. The van der Waals surface area contributed by atoms with E-state index >= 15 is 0 Å². The SMILES string of the molecule is COc1ccc(CN2C(=O)c3cccc4c(Br)cnc2c34)cc1. The summed E-state index contributed by atoms with van der Waals surface area (Å²) in [6.07, 6.45) is 1.75. The number of nitrogens with zero attached hydrogens (tertiary/aromatic N) is 2. The number of hydrogen-bond acceptors (Lipinski definition) is 3. The zero-order chi connectivity index (χ0) is 16.0. The highest BCUT2D eigenvalue weighted by molar-refractivity contribution is 9.10. The first-order valence-electron chi connectivity index (χ1n) is 7.21. The van der Waals surface area contributed by atoms with Crippen LogP contribution in [0.5, 0.6) is 5.75 Å². The summed E-state index contributed by atoms with van der Waals surface area (Å²) in [5, 5.41) is 1.93. The fraction of sp³-hybridized carbons (Fsp3) is 0.111. The van der Waals surface area contributed by atoms with Gasteiger partial charge in [-0.1, -0.05) is 24.3 Å². The van der Waals surface area contributed by atoms with Crippen LogP contribution in [0.3, 0.4) is 0 Å². The molecular weight excluding hydrogens is 356 g/mol. The Bertz CT molecular complexity index is 922. The molecule has 5 heteroatoms. The molecule has 0 unspecified atom stereocenters. The Balaban J connectivity index is 1.77. The van der Waals surface area contributed by atoms with Gasteiger partial charge in [-0.3, -0.25) is 9.69 Å². The summed E-state index contributed by atoms with van der Waals surface area (Å²) < 4.78 is 6.07. The van der Waals surface area contributed by atoms with Crippen molar-refractivity contribution in [2.24, 2.45) is 0 Å². The van der Waals surface area contributed by atoms with E-state index in [0.717, 1.165) is 32.4 Å². The van der Waals surface area contributed by atoms with E-state index in [4.69, 9.17) is 4.74 Å². The van der Waals surface area contributed by atoms with Crippen molar-refractivity contribution in [1.82, 2.24) is 4.98 Å². The quantitative estimate of drug-likeness (QED) is 0.696. The predicted octanol–water partition coefficient (Wildman–Crippen LogP) is 4.17. The third kappa shape index (κ3) is 2.19. The molecule has 3 aromatic rings. The molecule has 1 amide bonds. The van der Waals surface area contributed by atoms with Gasteiger partial charge in [0.2, 0.25) is 0 Å². The Morgan fingerprint density at radius 1 is 1.17 bits per heavy atom. The molecule has 0 aliphatic carbocycles. The highest BCUT2D eigenvalue weighted by Gasteiger charge is 2.31. The second-order valence-electron chi connectivity index (χ2n) is 5.40. The third-order valence-electron chi connectivity index (χ3n) is 4.08. The number of carbonyl (C=O) groups excluding carboxylic acids is 1. The van der Waals surface area contributed by atoms with E-state index in [1.165, 1.54) is 0 Å². The maximum absolute atomic E-state index is 12.8. The van der Waals surface area contributed by atoms with Gasteiger partial charge < -0.3 is 4.74 Å². The molecule has 0 radical (unpaired) electrons. The van der Waals surface area contributed by atoms with Crippen molar-refractivity contribution in [3.63, 3.8) is 0 Å². The number of methoxy groups -OCH3 is 1. The molecule has 0 saturated heterocycles. The molecule has 23 heavy (non-hydrogen) atoms. The molecule has 4 nitrogen and oxygen atoms in total. The maximum atomic E-state index is 12.8. The molecular formula is C18H13BrN2O2. The zero-order valence-electron chi connectivity index (χ0n) is 12.4. The van der Waals surface area contributed by atoms with Crippen LogP contribution in [0.25, 0.3) is 10.8 Å². The molecule has 1 aliphatic heterocycles. The van der Waals surface area contributed by atoms with Crippen LogP contribution >= 0.6 is 15.9 Å². The molecule has 2 aromatic carbocycles. The van der Waals surface area contributed by atoms with Crippen molar-refractivity contribution < 1.29 is 9.53 Å². The lowest BCUT2D eigenvalue weighted by Gasteiger charge is -2.17. The summed E-state index contributed by atoms with van der Waals surface area (Å²) in [6, 6.07) is 13.5. The Labute approximate surface area is 141 Å². The van der Waals surface area contributed by atoms with Crippen LogP contribution in [0.4, 0.5) is 5.82 Å².